The lowest BCUT2D eigenvalue weighted by Crippen LogP contribution is -2.03. The van der Waals surface area contributed by atoms with E-state index in [4.69, 9.17) is 0 Å². The Balaban J connectivity index is 0.000000325. The molecular formula is C12H15F3O2. The second-order valence-electron chi connectivity index (χ2n) is 3.19. The van der Waals surface area contributed by atoms with Crippen molar-refractivity contribution in [1.29, 1.82) is 0 Å². The van der Waals surface area contributed by atoms with Gasteiger partial charge in [0.1, 0.15) is 0 Å². The zero-order chi connectivity index (χ0) is 13.3. The van der Waals surface area contributed by atoms with Gasteiger partial charge in [0, 0.05) is 6.42 Å². The van der Waals surface area contributed by atoms with Crippen LogP contribution in [0.5, 0.6) is 0 Å². The van der Waals surface area contributed by atoms with E-state index in [1.54, 1.807) is 6.07 Å². The fourth-order valence-electron chi connectivity index (χ4n) is 0.933. The summed E-state index contributed by atoms with van der Waals surface area (Å²) in [6.45, 7) is 1.94. The van der Waals surface area contributed by atoms with Crippen molar-refractivity contribution < 1.29 is 22.7 Å². The quantitative estimate of drug-likeness (QED) is 0.746. The molecular weight excluding hydrogens is 233 g/mol. The lowest BCUT2D eigenvalue weighted by Gasteiger charge is -2.03. The molecule has 1 aromatic carbocycles. The molecule has 0 unspecified atom stereocenters. The predicted octanol–water partition coefficient (Wildman–Crippen LogP) is 3.66. The first-order valence-electron chi connectivity index (χ1n) is 5.10. The first-order valence-corrected chi connectivity index (χ1v) is 5.10. The summed E-state index contributed by atoms with van der Waals surface area (Å²) in [4.78, 5) is 10.2. The van der Waals surface area contributed by atoms with Crippen LogP contribution in [0.2, 0.25) is 0 Å². The molecule has 5 heteroatoms. The zero-order valence-electron chi connectivity index (χ0n) is 9.75. The molecule has 0 heterocycles. The number of hydrogen-bond acceptors (Lipinski definition) is 2. The van der Waals surface area contributed by atoms with Crippen molar-refractivity contribution in [3.05, 3.63) is 35.9 Å². The number of alkyl halides is 3. The molecule has 0 radical (unpaired) electrons. The number of benzene rings is 1. The Morgan fingerprint density at radius 3 is 2.00 bits per heavy atom. The van der Waals surface area contributed by atoms with Gasteiger partial charge in [-0.1, -0.05) is 37.3 Å². The van der Waals surface area contributed by atoms with Gasteiger partial charge in [-0.15, -0.1) is 0 Å². The Morgan fingerprint density at radius 2 is 1.76 bits per heavy atom. The summed E-state index contributed by atoms with van der Waals surface area (Å²) in [5, 5.41) is 0. The van der Waals surface area contributed by atoms with Gasteiger partial charge in [0.25, 0.3) is 0 Å². The summed E-state index contributed by atoms with van der Waals surface area (Å²) in [6, 6.07) is 6.36. The predicted molar refractivity (Wildman–Crippen MR) is 58.4 cm³/mol. The van der Waals surface area contributed by atoms with Crippen LogP contribution >= 0.6 is 0 Å². The number of methoxy groups -OCH3 is 1. The lowest BCUT2D eigenvalue weighted by molar-refractivity contribution is -0.140. The number of esters is 1. The van der Waals surface area contributed by atoms with E-state index in [2.05, 4.69) is 4.74 Å². The highest BCUT2D eigenvalue weighted by Crippen LogP contribution is 2.28. The van der Waals surface area contributed by atoms with Crippen LogP contribution in [0, 0.1) is 0 Å². The molecule has 0 N–H and O–H groups in total. The largest absolute Gasteiger partial charge is 0.469 e. The molecule has 1 rings (SSSR count). The van der Waals surface area contributed by atoms with Crippen molar-refractivity contribution in [2.75, 3.05) is 7.11 Å². The Hall–Kier alpha value is -1.52. The van der Waals surface area contributed by atoms with Crippen LogP contribution in [0.3, 0.4) is 0 Å². The third-order valence-corrected chi connectivity index (χ3v) is 1.78. The second-order valence-corrected chi connectivity index (χ2v) is 3.19. The molecule has 0 atom stereocenters. The fraction of sp³-hybridized carbons (Fsp3) is 0.417. The summed E-state index contributed by atoms with van der Waals surface area (Å²) in [7, 11) is 1.40. The molecule has 0 aliphatic rings. The van der Waals surface area contributed by atoms with Crippen LogP contribution in [0.4, 0.5) is 13.2 Å². The molecule has 0 saturated carbocycles. The highest BCUT2D eigenvalue weighted by atomic mass is 19.4. The number of ether oxygens (including phenoxy) is 1. The molecule has 0 bridgehead atoms. The van der Waals surface area contributed by atoms with Crippen molar-refractivity contribution in [1.82, 2.24) is 0 Å². The summed E-state index contributed by atoms with van der Waals surface area (Å²) in [5.74, 6) is -0.123. The fourth-order valence-corrected chi connectivity index (χ4v) is 0.933. The van der Waals surface area contributed by atoms with E-state index in [0.29, 0.717) is 6.42 Å². The molecule has 0 spiro atoms. The molecule has 1 aromatic rings. The van der Waals surface area contributed by atoms with Gasteiger partial charge in [-0.3, -0.25) is 4.79 Å². The average Bonchev–Trinajstić information content (AvgIpc) is 2.30. The van der Waals surface area contributed by atoms with Crippen molar-refractivity contribution >= 4 is 5.97 Å². The van der Waals surface area contributed by atoms with Gasteiger partial charge in [-0.25, -0.2) is 0 Å². The number of rotatable bonds is 2. The normalized spacial score (nSPS) is 10.2. The smallest absolute Gasteiger partial charge is 0.416 e. The van der Waals surface area contributed by atoms with Gasteiger partial charge < -0.3 is 4.74 Å². The average molecular weight is 248 g/mol. The Kier molecular flexibility index (Phi) is 7.02. The number of carbonyl (C=O) groups is 1. The van der Waals surface area contributed by atoms with E-state index in [-0.39, 0.29) is 5.97 Å². The minimum absolute atomic E-state index is 0.123. The highest BCUT2D eigenvalue weighted by Gasteiger charge is 2.29. The Morgan fingerprint density at radius 1 is 1.24 bits per heavy atom. The van der Waals surface area contributed by atoms with Crippen LogP contribution < -0.4 is 0 Å². The molecule has 96 valence electrons. The molecule has 0 amide bonds. The molecule has 17 heavy (non-hydrogen) atoms. The minimum Gasteiger partial charge on any atom is -0.469 e. The summed E-state index contributed by atoms with van der Waals surface area (Å²) >= 11 is 0. The first-order chi connectivity index (χ1) is 7.91. The molecule has 0 aromatic heterocycles. The van der Waals surface area contributed by atoms with Crippen LogP contribution in [0.25, 0.3) is 0 Å². The third-order valence-electron chi connectivity index (χ3n) is 1.78. The van der Waals surface area contributed by atoms with E-state index in [9.17, 15) is 18.0 Å². The topological polar surface area (TPSA) is 26.3 Å². The lowest BCUT2D eigenvalue weighted by atomic mass is 10.2. The van der Waals surface area contributed by atoms with E-state index < -0.39 is 11.7 Å². The first kappa shape index (κ1) is 15.5. The molecule has 2 nitrogen and oxygen atoms in total. The summed E-state index contributed by atoms with van der Waals surface area (Å²) < 4.78 is 39.7. The van der Waals surface area contributed by atoms with Gasteiger partial charge >= 0.3 is 12.1 Å². The van der Waals surface area contributed by atoms with E-state index in [0.717, 1.165) is 18.6 Å². The van der Waals surface area contributed by atoms with Crippen LogP contribution in [0.1, 0.15) is 25.3 Å². The van der Waals surface area contributed by atoms with Gasteiger partial charge in [0.05, 0.1) is 12.7 Å². The van der Waals surface area contributed by atoms with Crippen molar-refractivity contribution in [3.63, 3.8) is 0 Å². The summed E-state index contributed by atoms with van der Waals surface area (Å²) in [6.07, 6.45) is -2.80. The number of hydrogen-bond donors (Lipinski definition) is 0. The van der Waals surface area contributed by atoms with Gasteiger partial charge in [0.2, 0.25) is 0 Å². The zero-order valence-corrected chi connectivity index (χ0v) is 9.75. The Bertz CT molecular complexity index is 320. The van der Waals surface area contributed by atoms with Crippen LogP contribution in [0.15, 0.2) is 30.3 Å². The third kappa shape index (κ3) is 7.38. The minimum atomic E-state index is -4.21. The van der Waals surface area contributed by atoms with Crippen LogP contribution in [-0.4, -0.2) is 13.1 Å². The van der Waals surface area contributed by atoms with E-state index in [1.165, 1.54) is 19.2 Å². The van der Waals surface area contributed by atoms with E-state index in [1.807, 2.05) is 6.92 Å². The molecule has 0 saturated heterocycles. The number of carbonyl (C=O) groups excluding carboxylic acids is 1. The molecule has 0 aliphatic heterocycles. The van der Waals surface area contributed by atoms with E-state index >= 15 is 0 Å². The Labute approximate surface area is 98.4 Å². The molecule has 0 aliphatic carbocycles. The summed E-state index contributed by atoms with van der Waals surface area (Å²) in [5.41, 5.74) is -0.602. The standard InChI is InChI=1S/C7H5F3.C5H10O2/c8-7(9,10)6-4-2-1-3-5-6;1-3-4-5(6)7-2/h1-5H;3-4H2,1-2H3. The number of halogens is 3. The van der Waals surface area contributed by atoms with Crippen molar-refractivity contribution in [2.24, 2.45) is 0 Å². The highest BCUT2D eigenvalue weighted by molar-refractivity contribution is 5.68. The second kappa shape index (κ2) is 7.70. The monoisotopic (exact) mass is 248 g/mol. The van der Waals surface area contributed by atoms with Crippen molar-refractivity contribution in [2.45, 2.75) is 25.9 Å². The van der Waals surface area contributed by atoms with Gasteiger partial charge in [0.15, 0.2) is 0 Å². The maximum Gasteiger partial charge on any atom is 0.416 e. The SMILES string of the molecule is CCCC(=O)OC.FC(F)(F)c1ccccc1. The van der Waals surface area contributed by atoms with Gasteiger partial charge in [-0.05, 0) is 6.42 Å². The van der Waals surface area contributed by atoms with Crippen molar-refractivity contribution in [3.8, 4) is 0 Å². The maximum atomic E-state index is 11.8. The van der Waals surface area contributed by atoms with Gasteiger partial charge in [-0.2, -0.15) is 13.2 Å². The maximum absolute atomic E-state index is 11.8. The molecule has 0 fully saturated rings. The van der Waals surface area contributed by atoms with Crippen LogP contribution in [-0.2, 0) is 15.7 Å².